The molecular weight excluding hydrogens is 354 g/mol. The molecule has 0 aromatic heterocycles. The lowest BCUT2D eigenvalue weighted by Gasteiger charge is -2.20. The number of ether oxygens (including phenoxy) is 1. The van der Waals surface area contributed by atoms with Crippen LogP contribution in [-0.4, -0.2) is 22.1 Å². The van der Waals surface area contributed by atoms with Gasteiger partial charge in [-0.2, -0.15) is 0 Å². The molecule has 0 saturated heterocycles. The average Bonchev–Trinajstić information content (AvgIpc) is 2.91. The first-order valence-electron chi connectivity index (χ1n) is 6.48. The van der Waals surface area contributed by atoms with Gasteiger partial charge in [-0.05, 0) is 52.2 Å². The van der Waals surface area contributed by atoms with Crippen LogP contribution in [0, 0.1) is 0 Å². The van der Waals surface area contributed by atoms with Crippen LogP contribution in [0.15, 0.2) is 51.8 Å². The highest BCUT2D eigenvalue weighted by Gasteiger charge is 2.30. The molecular formula is C15H14BrNO3S. The van der Waals surface area contributed by atoms with E-state index >= 15 is 0 Å². The van der Waals surface area contributed by atoms with Crippen LogP contribution in [0.4, 0.5) is 5.69 Å². The van der Waals surface area contributed by atoms with Crippen molar-refractivity contribution < 1.29 is 13.2 Å². The molecule has 2 aromatic carbocycles. The molecule has 0 bridgehead atoms. The molecule has 0 unspecified atom stereocenters. The van der Waals surface area contributed by atoms with E-state index in [9.17, 15) is 8.42 Å². The molecule has 0 spiro atoms. The number of nitrogens with zero attached hydrogens (tertiary/aromatic N) is 1. The van der Waals surface area contributed by atoms with Crippen molar-refractivity contribution in [1.29, 1.82) is 0 Å². The van der Waals surface area contributed by atoms with Gasteiger partial charge >= 0.3 is 0 Å². The highest BCUT2D eigenvalue weighted by molar-refractivity contribution is 9.10. The van der Waals surface area contributed by atoms with E-state index in [4.69, 9.17) is 4.74 Å². The molecule has 3 rings (SSSR count). The van der Waals surface area contributed by atoms with Gasteiger partial charge in [0.2, 0.25) is 0 Å². The van der Waals surface area contributed by atoms with Gasteiger partial charge in [-0.1, -0.05) is 18.2 Å². The Morgan fingerprint density at radius 3 is 2.67 bits per heavy atom. The molecule has 0 amide bonds. The number of sulfonamides is 1. The van der Waals surface area contributed by atoms with Crippen molar-refractivity contribution >= 4 is 31.6 Å². The Bertz CT molecular complexity index is 789. The van der Waals surface area contributed by atoms with E-state index in [0.29, 0.717) is 16.8 Å². The Morgan fingerprint density at radius 2 is 1.95 bits per heavy atom. The first-order valence-corrected chi connectivity index (χ1v) is 8.71. The Labute approximate surface area is 132 Å². The maximum Gasteiger partial charge on any atom is 0.264 e. The average molecular weight is 368 g/mol. The fourth-order valence-electron chi connectivity index (χ4n) is 2.49. The Kier molecular flexibility index (Phi) is 3.67. The summed E-state index contributed by atoms with van der Waals surface area (Å²) in [6.07, 6.45) is 0.743. The van der Waals surface area contributed by atoms with Crippen LogP contribution in [0.25, 0.3) is 0 Å². The van der Waals surface area contributed by atoms with Crippen LogP contribution < -0.4 is 9.04 Å². The first kappa shape index (κ1) is 14.4. The minimum absolute atomic E-state index is 0.256. The third kappa shape index (κ3) is 2.42. The first-order chi connectivity index (χ1) is 10.0. The van der Waals surface area contributed by atoms with Crippen LogP contribution in [0.5, 0.6) is 5.75 Å². The lowest BCUT2D eigenvalue weighted by atomic mass is 10.2. The third-order valence-corrected chi connectivity index (χ3v) is 5.98. The topological polar surface area (TPSA) is 46.6 Å². The van der Waals surface area contributed by atoms with E-state index in [2.05, 4.69) is 15.9 Å². The van der Waals surface area contributed by atoms with Crippen molar-refractivity contribution in [2.24, 2.45) is 0 Å². The van der Waals surface area contributed by atoms with Crippen molar-refractivity contribution in [2.75, 3.05) is 18.0 Å². The summed E-state index contributed by atoms with van der Waals surface area (Å²) < 4.78 is 32.9. The van der Waals surface area contributed by atoms with Crippen LogP contribution in [0.3, 0.4) is 0 Å². The normalized spacial score (nSPS) is 14.1. The zero-order valence-corrected chi connectivity index (χ0v) is 13.8. The summed E-state index contributed by atoms with van der Waals surface area (Å²) in [5.41, 5.74) is 1.83. The van der Waals surface area contributed by atoms with Gasteiger partial charge in [0.25, 0.3) is 10.0 Å². The SMILES string of the molecule is COc1ccc(S(=O)(=O)N2CCc3ccccc32)cc1Br. The van der Waals surface area contributed by atoms with Crippen molar-refractivity contribution in [2.45, 2.75) is 11.3 Å². The summed E-state index contributed by atoms with van der Waals surface area (Å²) in [7, 11) is -2.01. The van der Waals surface area contributed by atoms with Crippen molar-refractivity contribution in [1.82, 2.24) is 0 Å². The van der Waals surface area contributed by atoms with E-state index < -0.39 is 10.0 Å². The largest absolute Gasteiger partial charge is 0.496 e. The van der Waals surface area contributed by atoms with Crippen LogP contribution in [0.2, 0.25) is 0 Å². The highest BCUT2D eigenvalue weighted by atomic mass is 79.9. The second-order valence-corrected chi connectivity index (χ2v) is 7.47. The minimum Gasteiger partial charge on any atom is -0.496 e. The summed E-state index contributed by atoms with van der Waals surface area (Å²) in [4.78, 5) is 0.256. The number of fused-ring (bicyclic) bond motifs is 1. The number of rotatable bonds is 3. The molecule has 21 heavy (non-hydrogen) atoms. The fourth-order valence-corrected chi connectivity index (χ4v) is 4.71. The maximum absolute atomic E-state index is 12.8. The smallest absolute Gasteiger partial charge is 0.264 e. The van der Waals surface area contributed by atoms with Gasteiger partial charge in [-0.15, -0.1) is 0 Å². The van der Waals surface area contributed by atoms with Gasteiger partial charge in [-0.25, -0.2) is 8.42 Å². The lowest BCUT2D eigenvalue weighted by Crippen LogP contribution is -2.29. The van der Waals surface area contributed by atoms with Gasteiger partial charge in [0.15, 0.2) is 0 Å². The maximum atomic E-state index is 12.8. The number of hydrogen-bond donors (Lipinski definition) is 0. The zero-order valence-electron chi connectivity index (χ0n) is 11.4. The Hall–Kier alpha value is -1.53. The molecule has 0 saturated carbocycles. The zero-order chi connectivity index (χ0) is 15.0. The number of hydrogen-bond acceptors (Lipinski definition) is 3. The predicted octanol–water partition coefficient (Wildman–Crippen LogP) is 3.21. The molecule has 0 atom stereocenters. The van der Waals surface area contributed by atoms with Crippen LogP contribution in [0.1, 0.15) is 5.56 Å². The van der Waals surface area contributed by atoms with E-state index in [1.807, 2.05) is 24.3 Å². The number of anilines is 1. The quantitative estimate of drug-likeness (QED) is 0.836. The van der Waals surface area contributed by atoms with E-state index in [-0.39, 0.29) is 4.90 Å². The Morgan fingerprint density at radius 1 is 1.19 bits per heavy atom. The van der Waals surface area contributed by atoms with Gasteiger partial charge in [-0.3, -0.25) is 4.31 Å². The molecule has 1 aliphatic heterocycles. The molecule has 4 nitrogen and oxygen atoms in total. The second kappa shape index (κ2) is 5.35. The summed E-state index contributed by atoms with van der Waals surface area (Å²) in [6.45, 7) is 0.478. The highest BCUT2D eigenvalue weighted by Crippen LogP contribution is 2.34. The van der Waals surface area contributed by atoms with E-state index in [1.165, 1.54) is 4.31 Å². The summed E-state index contributed by atoms with van der Waals surface area (Å²) in [5, 5.41) is 0. The van der Waals surface area contributed by atoms with Crippen molar-refractivity contribution in [3.05, 3.63) is 52.5 Å². The number of para-hydroxylation sites is 1. The second-order valence-electron chi connectivity index (χ2n) is 4.75. The third-order valence-electron chi connectivity index (χ3n) is 3.56. The molecule has 1 heterocycles. The molecule has 110 valence electrons. The van der Waals surface area contributed by atoms with Crippen LogP contribution in [-0.2, 0) is 16.4 Å². The molecule has 1 aliphatic rings. The molecule has 0 aliphatic carbocycles. The van der Waals surface area contributed by atoms with Gasteiger partial charge in [0.1, 0.15) is 5.75 Å². The van der Waals surface area contributed by atoms with E-state index in [0.717, 1.165) is 17.7 Å². The van der Waals surface area contributed by atoms with Crippen molar-refractivity contribution in [3.63, 3.8) is 0 Å². The monoisotopic (exact) mass is 367 g/mol. The predicted molar refractivity (Wildman–Crippen MR) is 85.4 cm³/mol. The summed E-state index contributed by atoms with van der Waals surface area (Å²) in [5.74, 6) is 0.607. The lowest BCUT2D eigenvalue weighted by molar-refractivity contribution is 0.411. The molecule has 0 fully saturated rings. The molecule has 6 heteroatoms. The number of benzene rings is 2. The summed E-state index contributed by atoms with van der Waals surface area (Å²) in [6, 6.07) is 12.4. The molecule has 0 N–H and O–H groups in total. The minimum atomic E-state index is -3.55. The van der Waals surface area contributed by atoms with Crippen LogP contribution >= 0.6 is 15.9 Å². The number of halogens is 1. The van der Waals surface area contributed by atoms with Crippen molar-refractivity contribution in [3.8, 4) is 5.75 Å². The standard InChI is InChI=1S/C15H14BrNO3S/c1-20-15-7-6-12(10-13(15)16)21(18,19)17-9-8-11-4-2-3-5-14(11)17/h2-7,10H,8-9H2,1H3. The molecule has 2 aromatic rings. The fraction of sp³-hybridized carbons (Fsp3) is 0.200. The van der Waals surface area contributed by atoms with E-state index in [1.54, 1.807) is 25.3 Å². The summed E-state index contributed by atoms with van der Waals surface area (Å²) >= 11 is 3.33. The molecule has 0 radical (unpaired) electrons. The van der Waals surface area contributed by atoms with Gasteiger partial charge in [0.05, 0.1) is 22.2 Å². The van der Waals surface area contributed by atoms with Gasteiger partial charge < -0.3 is 4.74 Å². The van der Waals surface area contributed by atoms with Gasteiger partial charge in [0, 0.05) is 6.54 Å². The number of methoxy groups -OCH3 is 1. The Balaban J connectivity index is 2.04.